The molecule has 0 bridgehead atoms. The topological polar surface area (TPSA) is 46.5 Å². The summed E-state index contributed by atoms with van der Waals surface area (Å²) in [4.78, 5) is 11.6. The summed E-state index contributed by atoms with van der Waals surface area (Å²) in [5.41, 5.74) is 2.98. The van der Waals surface area contributed by atoms with Gasteiger partial charge in [-0.2, -0.15) is 0 Å². The standard InChI is InChI=1S/C20H23ClO3/c1-13-14(6-5-7-17(13)21)12-18(19(22)23)24-16-10-8-15(9-11-16)20(2,3)4/h5-11,18H,12H2,1-4H3,(H,22,23)/t18-/m1/s1. The third-order valence-electron chi connectivity index (χ3n) is 4.06. The zero-order valence-electron chi connectivity index (χ0n) is 14.5. The molecule has 1 N–H and O–H groups in total. The van der Waals surface area contributed by atoms with Gasteiger partial charge in [0.2, 0.25) is 0 Å². The van der Waals surface area contributed by atoms with Crippen molar-refractivity contribution in [3.05, 3.63) is 64.2 Å². The molecule has 2 aromatic rings. The molecule has 4 heteroatoms. The predicted octanol–water partition coefficient (Wildman–Crippen LogP) is 5.02. The molecule has 0 aliphatic carbocycles. The summed E-state index contributed by atoms with van der Waals surface area (Å²) in [6, 6.07) is 13.1. The Hall–Kier alpha value is -2.00. The van der Waals surface area contributed by atoms with Crippen molar-refractivity contribution < 1.29 is 14.6 Å². The Morgan fingerprint density at radius 1 is 1.17 bits per heavy atom. The summed E-state index contributed by atoms with van der Waals surface area (Å²) in [6.45, 7) is 8.27. The minimum atomic E-state index is -0.991. The molecule has 0 heterocycles. The fourth-order valence-electron chi connectivity index (χ4n) is 2.45. The fraction of sp³-hybridized carbons (Fsp3) is 0.350. The Labute approximate surface area is 148 Å². The summed E-state index contributed by atoms with van der Waals surface area (Å²) in [6.07, 6.45) is -0.689. The van der Waals surface area contributed by atoms with E-state index in [1.807, 2.05) is 43.3 Å². The predicted molar refractivity (Wildman–Crippen MR) is 97.1 cm³/mol. The normalized spacial score (nSPS) is 12.7. The number of aliphatic carboxylic acids is 1. The van der Waals surface area contributed by atoms with Crippen LogP contribution in [0.4, 0.5) is 0 Å². The van der Waals surface area contributed by atoms with Crippen LogP contribution in [0.25, 0.3) is 0 Å². The van der Waals surface area contributed by atoms with Crippen molar-refractivity contribution in [2.24, 2.45) is 0 Å². The third-order valence-corrected chi connectivity index (χ3v) is 4.47. The Balaban J connectivity index is 2.17. The lowest BCUT2D eigenvalue weighted by Gasteiger charge is -2.20. The molecule has 0 fully saturated rings. The van der Waals surface area contributed by atoms with E-state index < -0.39 is 12.1 Å². The van der Waals surface area contributed by atoms with Gasteiger partial charge in [-0.15, -0.1) is 0 Å². The number of ether oxygens (including phenoxy) is 1. The van der Waals surface area contributed by atoms with E-state index in [9.17, 15) is 9.90 Å². The average Bonchev–Trinajstić information content (AvgIpc) is 2.50. The molecule has 0 amide bonds. The highest BCUT2D eigenvalue weighted by molar-refractivity contribution is 6.31. The lowest BCUT2D eigenvalue weighted by Crippen LogP contribution is -2.29. The number of rotatable bonds is 5. The van der Waals surface area contributed by atoms with Crippen LogP contribution in [0.2, 0.25) is 5.02 Å². The number of carbonyl (C=O) groups is 1. The van der Waals surface area contributed by atoms with E-state index in [2.05, 4.69) is 20.8 Å². The monoisotopic (exact) mass is 346 g/mol. The molecular formula is C20H23ClO3. The maximum absolute atomic E-state index is 11.6. The van der Waals surface area contributed by atoms with Gasteiger partial charge in [0.05, 0.1) is 0 Å². The number of hydrogen-bond donors (Lipinski definition) is 1. The van der Waals surface area contributed by atoms with Gasteiger partial charge in [0, 0.05) is 11.4 Å². The van der Waals surface area contributed by atoms with Gasteiger partial charge in [-0.1, -0.05) is 56.6 Å². The van der Waals surface area contributed by atoms with E-state index in [1.54, 1.807) is 6.07 Å². The highest BCUT2D eigenvalue weighted by Crippen LogP contribution is 2.26. The lowest BCUT2D eigenvalue weighted by molar-refractivity contribution is -0.145. The second kappa shape index (κ2) is 7.27. The molecule has 24 heavy (non-hydrogen) atoms. The van der Waals surface area contributed by atoms with Crippen LogP contribution in [0.3, 0.4) is 0 Å². The van der Waals surface area contributed by atoms with Gasteiger partial charge in [0.1, 0.15) is 5.75 Å². The number of halogens is 1. The Morgan fingerprint density at radius 3 is 2.33 bits per heavy atom. The Bertz CT molecular complexity index is 715. The maximum atomic E-state index is 11.6. The molecular weight excluding hydrogens is 324 g/mol. The zero-order chi connectivity index (χ0) is 17.9. The van der Waals surface area contributed by atoms with Crippen molar-refractivity contribution in [3.63, 3.8) is 0 Å². The van der Waals surface area contributed by atoms with Crippen molar-refractivity contribution in [2.45, 2.75) is 45.6 Å². The zero-order valence-corrected chi connectivity index (χ0v) is 15.2. The third kappa shape index (κ3) is 4.51. The molecule has 128 valence electrons. The summed E-state index contributed by atoms with van der Waals surface area (Å²) >= 11 is 6.11. The van der Waals surface area contributed by atoms with Crippen LogP contribution in [0.15, 0.2) is 42.5 Å². The molecule has 0 aliphatic rings. The van der Waals surface area contributed by atoms with Crippen LogP contribution in [0.1, 0.15) is 37.5 Å². The van der Waals surface area contributed by atoms with Gasteiger partial charge in [0.15, 0.2) is 6.10 Å². The van der Waals surface area contributed by atoms with Gasteiger partial charge in [-0.3, -0.25) is 0 Å². The van der Waals surface area contributed by atoms with Crippen molar-refractivity contribution in [2.75, 3.05) is 0 Å². The first kappa shape index (κ1) is 18.3. The number of benzene rings is 2. The molecule has 0 aliphatic heterocycles. The van der Waals surface area contributed by atoms with Crippen LogP contribution in [0, 0.1) is 6.92 Å². The minimum absolute atomic E-state index is 0.0443. The Morgan fingerprint density at radius 2 is 1.79 bits per heavy atom. The van der Waals surface area contributed by atoms with Gasteiger partial charge in [-0.05, 0) is 47.2 Å². The molecule has 0 unspecified atom stereocenters. The van der Waals surface area contributed by atoms with E-state index in [-0.39, 0.29) is 11.8 Å². The van der Waals surface area contributed by atoms with Crippen LogP contribution in [-0.4, -0.2) is 17.2 Å². The molecule has 1 atom stereocenters. The van der Waals surface area contributed by atoms with Crippen molar-refractivity contribution in [3.8, 4) is 5.75 Å². The summed E-state index contributed by atoms with van der Waals surface area (Å²) in [7, 11) is 0. The van der Waals surface area contributed by atoms with Crippen molar-refractivity contribution in [1.29, 1.82) is 0 Å². The Kier molecular flexibility index (Phi) is 5.55. The molecule has 0 saturated carbocycles. The van der Waals surface area contributed by atoms with Gasteiger partial charge in [0.25, 0.3) is 0 Å². The number of carboxylic acid groups (broad SMARTS) is 1. The quantitative estimate of drug-likeness (QED) is 0.826. The van der Waals surface area contributed by atoms with Crippen LogP contribution in [-0.2, 0) is 16.6 Å². The first-order valence-electron chi connectivity index (χ1n) is 7.92. The average molecular weight is 347 g/mol. The summed E-state index contributed by atoms with van der Waals surface area (Å²) in [5.74, 6) is -0.440. The number of carboxylic acids is 1. The van der Waals surface area contributed by atoms with E-state index in [4.69, 9.17) is 16.3 Å². The maximum Gasteiger partial charge on any atom is 0.345 e. The molecule has 2 aromatic carbocycles. The van der Waals surface area contributed by atoms with Gasteiger partial charge >= 0.3 is 5.97 Å². The highest BCUT2D eigenvalue weighted by Gasteiger charge is 2.22. The number of hydrogen-bond acceptors (Lipinski definition) is 2. The van der Waals surface area contributed by atoms with Crippen LogP contribution in [0.5, 0.6) is 5.75 Å². The first-order chi connectivity index (χ1) is 11.2. The summed E-state index contributed by atoms with van der Waals surface area (Å²) in [5, 5.41) is 10.1. The first-order valence-corrected chi connectivity index (χ1v) is 8.30. The minimum Gasteiger partial charge on any atom is -0.478 e. The smallest absolute Gasteiger partial charge is 0.345 e. The van der Waals surface area contributed by atoms with Crippen molar-refractivity contribution in [1.82, 2.24) is 0 Å². The largest absolute Gasteiger partial charge is 0.478 e. The fourth-order valence-corrected chi connectivity index (χ4v) is 2.64. The SMILES string of the molecule is Cc1c(Cl)cccc1C[C@@H](Oc1ccc(C(C)(C)C)cc1)C(=O)O. The van der Waals surface area contributed by atoms with E-state index in [0.717, 1.165) is 11.1 Å². The van der Waals surface area contributed by atoms with Crippen LogP contribution >= 0.6 is 11.6 Å². The lowest BCUT2D eigenvalue weighted by atomic mass is 9.87. The summed E-state index contributed by atoms with van der Waals surface area (Å²) < 4.78 is 5.70. The molecule has 3 nitrogen and oxygen atoms in total. The molecule has 0 radical (unpaired) electrons. The second-order valence-corrected chi connectivity index (χ2v) is 7.35. The van der Waals surface area contributed by atoms with Gasteiger partial charge in [-0.25, -0.2) is 4.79 Å². The van der Waals surface area contributed by atoms with Gasteiger partial charge < -0.3 is 9.84 Å². The van der Waals surface area contributed by atoms with Crippen LogP contribution < -0.4 is 4.74 Å². The molecule has 0 aromatic heterocycles. The molecule has 0 spiro atoms. The molecule has 2 rings (SSSR count). The van der Waals surface area contributed by atoms with E-state index in [1.165, 1.54) is 5.56 Å². The van der Waals surface area contributed by atoms with E-state index in [0.29, 0.717) is 10.8 Å². The molecule has 0 saturated heterocycles. The second-order valence-electron chi connectivity index (χ2n) is 6.95. The highest BCUT2D eigenvalue weighted by atomic mass is 35.5. The van der Waals surface area contributed by atoms with Crippen molar-refractivity contribution >= 4 is 17.6 Å². The van der Waals surface area contributed by atoms with E-state index >= 15 is 0 Å².